The molecule has 0 aliphatic carbocycles. The number of fused-ring (bicyclic) bond motifs is 2. The number of anilines is 4. The van der Waals surface area contributed by atoms with E-state index in [0.717, 1.165) is 48.8 Å². The van der Waals surface area contributed by atoms with Crippen LogP contribution in [0.1, 0.15) is 32.8 Å². The molecular weight excluding hydrogens is 455 g/mol. The fourth-order valence-electron chi connectivity index (χ4n) is 4.83. The van der Waals surface area contributed by atoms with E-state index in [9.17, 15) is 5.26 Å². The van der Waals surface area contributed by atoms with Crippen LogP contribution >= 0.6 is 23.2 Å². The van der Waals surface area contributed by atoms with Gasteiger partial charge in [0.25, 0.3) is 0 Å². The number of benzene rings is 2. The number of hydrogen-bond donors (Lipinski definition) is 1. The minimum Gasteiger partial charge on any atom is -0.361 e. The smallest absolute Gasteiger partial charge is 0.207 e. The molecule has 8 heteroatoms. The molecule has 0 spiro atoms. The predicted octanol–water partition coefficient (Wildman–Crippen LogP) is 6.63. The lowest BCUT2D eigenvalue weighted by Gasteiger charge is -2.31. The summed E-state index contributed by atoms with van der Waals surface area (Å²) in [5.74, 6) is 0. The summed E-state index contributed by atoms with van der Waals surface area (Å²) < 4.78 is 0. The van der Waals surface area contributed by atoms with Crippen LogP contribution in [0.15, 0.2) is 36.4 Å². The average molecular weight is 481 g/mol. The molecule has 0 saturated heterocycles. The molecule has 2 aromatic carbocycles. The highest BCUT2D eigenvalue weighted by atomic mass is 35.5. The first-order valence-corrected chi connectivity index (χ1v) is 11.9. The first-order chi connectivity index (χ1) is 16.0. The SMILES string of the molecule is [C-]#[N+]c1cc2c(cc1Cl)N(CC)C(C=CCC1N(CC)c3cc(Cl)c(C#N)cc3N1CC)N2. The monoisotopic (exact) mass is 480 g/mol. The zero-order valence-corrected chi connectivity index (χ0v) is 20.5. The van der Waals surface area contributed by atoms with Crippen LogP contribution in [0.3, 0.4) is 0 Å². The van der Waals surface area contributed by atoms with Crippen molar-refractivity contribution in [3.05, 3.63) is 63.4 Å². The molecule has 2 aromatic rings. The number of likely N-dealkylation sites (N-methyl/N-ethyl adjacent to an activating group) is 1. The largest absolute Gasteiger partial charge is 0.361 e. The Labute approximate surface area is 205 Å². The van der Waals surface area contributed by atoms with Gasteiger partial charge in [-0.15, -0.1) is 0 Å². The van der Waals surface area contributed by atoms with Crippen LogP contribution in [0.2, 0.25) is 10.0 Å². The summed E-state index contributed by atoms with van der Waals surface area (Å²) >= 11 is 12.6. The zero-order chi connectivity index (χ0) is 23.7. The first-order valence-electron chi connectivity index (χ1n) is 11.1. The van der Waals surface area contributed by atoms with Gasteiger partial charge in [0.05, 0.1) is 34.2 Å². The van der Waals surface area contributed by atoms with Gasteiger partial charge in [-0.3, -0.25) is 0 Å². The molecule has 0 fully saturated rings. The Morgan fingerprint density at radius 3 is 2.24 bits per heavy atom. The highest BCUT2D eigenvalue weighted by Crippen LogP contribution is 2.44. The van der Waals surface area contributed by atoms with E-state index in [-0.39, 0.29) is 12.3 Å². The quantitative estimate of drug-likeness (QED) is 0.371. The van der Waals surface area contributed by atoms with Gasteiger partial charge in [-0.1, -0.05) is 29.3 Å². The van der Waals surface area contributed by atoms with Crippen molar-refractivity contribution in [2.75, 3.05) is 39.7 Å². The van der Waals surface area contributed by atoms with Gasteiger partial charge < -0.3 is 20.0 Å². The summed E-state index contributed by atoms with van der Waals surface area (Å²) in [6.07, 6.45) is 5.34. The Morgan fingerprint density at radius 2 is 1.64 bits per heavy atom. The van der Waals surface area contributed by atoms with Crippen molar-refractivity contribution in [2.45, 2.75) is 39.5 Å². The van der Waals surface area contributed by atoms with Gasteiger partial charge in [0.2, 0.25) is 5.69 Å². The third-order valence-corrected chi connectivity index (χ3v) is 6.96. The van der Waals surface area contributed by atoms with E-state index in [1.165, 1.54) is 0 Å². The molecule has 6 nitrogen and oxygen atoms in total. The van der Waals surface area contributed by atoms with E-state index < -0.39 is 0 Å². The van der Waals surface area contributed by atoms with Gasteiger partial charge in [-0.2, -0.15) is 5.26 Å². The standard InChI is InChI=1S/C25H26Cl2N6/c1-5-31-21-13-18(27)19(29-4)14-20(21)30-24(31)9-8-10-25-32(6-2)22-11-16(15-28)17(26)12-23(22)33(25)7-3/h8-9,11-14,24-25,30H,5-7,10H2,1-3H3. The molecule has 170 valence electrons. The molecule has 0 radical (unpaired) electrons. The predicted molar refractivity (Wildman–Crippen MR) is 138 cm³/mol. The second kappa shape index (κ2) is 9.43. The maximum Gasteiger partial charge on any atom is 0.207 e. The Morgan fingerprint density at radius 1 is 1.00 bits per heavy atom. The highest BCUT2D eigenvalue weighted by molar-refractivity contribution is 6.34. The number of halogens is 2. The molecule has 2 unspecified atom stereocenters. The van der Waals surface area contributed by atoms with Crippen LogP contribution in [0.4, 0.5) is 28.4 Å². The topological polar surface area (TPSA) is 49.9 Å². The third-order valence-electron chi connectivity index (χ3n) is 6.34. The van der Waals surface area contributed by atoms with E-state index in [2.05, 4.69) is 63.9 Å². The number of nitriles is 1. The van der Waals surface area contributed by atoms with Crippen molar-refractivity contribution in [1.29, 1.82) is 5.26 Å². The molecule has 0 amide bonds. The minimum absolute atomic E-state index is 0.00406. The summed E-state index contributed by atoms with van der Waals surface area (Å²) in [4.78, 5) is 10.4. The van der Waals surface area contributed by atoms with Crippen LogP contribution < -0.4 is 20.0 Å². The molecule has 2 heterocycles. The zero-order valence-electron chi connectivity index (χ0n) is 18.9. The van der Waals surface area contributed by atoms with Crippen molar-refractivity contribution in [2.24, 2.45) is 0 Å². The molecule has 0 saturated carbocycles. The summed E-state index contributed by atoms with van der Waals surface area (Å²) in [7, 11) is 0. The average Bonchev–Trinajstić information content (AvgIpc) is 3.30. The first kappa shape index (κ1) is 23.1. The number of nitrogens with one attached hydrogen (secondary N) is 1. The van der Waals surface area contributed by atoms with Crippen molar-refractivity contribution < 1.29 is 0 Å². The second-order valence-corrected chi connectivity index (χ2v) is 8.77. The summed E-state index contributed by atoms with van der Waals surface area (Å²) in [5, 5.41) is 13.9. The van der Waals surface area contributed by atoms with E-state index in [1.54, 1.807) is 0 Å². The molecular formula is C25H26Cl2N6. The Hall–Kier alpha value is -3.06. The van der Waals surface area contributed by atoms with Gasteiger partial charge >= 0.3 is 0 Å². The number of nitrogens with zero attached hydrogens (tertiary/aromatic N) is 5. The van der Waals surface area contributed by atoms with Crippen molar-refractivity contribution in [1.82, 2.24) is 0 Å². The molecule has 1 N–H and O–H groups in total. The lowest BCUT2D eigenvalue weighted by molar-refractivity contribution is 0.601. The van der Waals surface area contributed by atoms with Crippen LogP contribution in [0.25, 0.3) is 4.85 Å². The fraction of sp³-hybridized carbons (Fsp3) is 0.360. The molecule has 0 bridgehead atoms. The number of rotatable bonds is 6. The van der Waals surface area contributed by atoms with E-state index in [0.29, 0.717) is 21.3 Å². The summed E-state index contributed by atoms with van der Waals surface area (Å²) in [6.45, 7) is 16.2. The minimum atomic E-state index is -0.00406. The molecule has 2 aliphatic heterocycles. The molecule has 33 heavy (non-hydrogen) atoms. The third kappa shape index (κ3) is 3.95. The fourth-order valence-corrected chi connectivity index (χ4v) is 5.23. The Kier molecular flexibility index (Phi) is 6.61. The molecule has 2 aliphatic rings. The summed E-state index contributed by atoms with van der Waals surface area (Å²) in [5.41, 5.74) is 5.04. The molecule has 4 rings (SSSR count). The summed E-state index contributed by atoms with van der Waals surface area (Å²) in [6, 6.07) is 9.71. The second-order valence-electron chi connectivity index (χ2n) is 7.96. The maximum atomic E-state index is 9.42. The number of hydrogen-bond acceptors (Lipinski definition) is 5. The lowest BCUT2D eigenvalue weighted by atomic mass is 10.2. The Bertz CT molecular complexity index is 1180. The van der Waals surface area contributed by atoms with E-state index in [4.69, 9.17) is 29.8 Å². The van der Waals surface area contributed by atoms with Gasteiger partial charge in [-0.25, -0.2) is 4.85 Å². The van der Waals surface area contributed by atoms with Crippen LogP contribution in [0, 0.1) is 17.9 Å². The van der Waals surface area contributed by atoms with E-state index >= 15 is 0 Å². The normalized spacial score (nSPS) is 18.8. The van der Waals surface area contributed by atoms with Crippen LogP contribution in [0.5, 0.6) is 0 Å². The van der Waals surface area contributed by atoms with Crippen LogP contribution in [-0.4, -0.2) is 32.0 Å². The van der Waals surface area contributed by atoms with E-state index in [1.807, 2.05) is 24.3 Å². The molecule has 2 atom stereocenters. The van der Waals surface area contributed by atoms with Gasteiger partial charge in [-0.05, 0) is 51.1 Å². The highest BCUT2D eigenvalue weighted by Gasteiger charge is 2.34. The van der Waals surface area contributed by atoms with Gasteiger partial charge in [0, 0.05) is 36.8 Å². The Balaban J connectivity index is 1.56. The van der Waals surface area contributed by atoms with Crippen molar-refractivity contribution in [3.8, 4) is 6.07 Å². The van der Waals surface area contributed by atoms with Gasteiger partial charge in [0.1, 0.15) is 18.4 Å². The van der Waals surface area contributed by atoms with Crippen molar-refractivity contribution in [3.63, 3.8) is 0 Å². The van der Waals surface area contributed by atoms with Gasteiger partial charge in [0.15, 0.2) is 0 Å². The van der Waals surface area contributed by atoms with Crippen LogP contribution in [-0.2, 0) is 0 Å². The molecule has 0 aromatic heterocycles. The van der Waals surface area contributed by atoms with Crippen molar-refractivity contribution >= 4 is 51.6 Å². The maximum absolute atomic E-state index is 9.42. The lowest BCUT2D eigenvalue weighted by Crippen LogP contribution is -2.43.